The lowest BCUT2D eigenvalue weighted by atomic mass is 10.00. The number of amides is 1. The average molecular weight is 253 g/mol. The maximum absolute atomic E-state index is 12.4. The van der Waals surface area contributed by atoms with Gasteiger partial charge in [0.2, 0.25) is 5.91 Å². The Hall–Kier alpha value is -2.09. The van der Waals surface area contributed by atoms with Gasteiger partial charge in [-0.25, -0.2) is 0 Å². The first-order chi connectivity index (χ1) is 9.18. The van der Waals surface area contributed by atoms with Gasteiger partial charge in [-0.2, -0.15) is 0 Å². The Balaban J connectivity index is 2.03. The number of nitrogens with zero attached hydrogens (tertiary/aromatic N) is 1. The summed E-state index contributed by atoms with van der Waals surface area (Å²) in [5, 5.41) is 0. The molecule has 2 aromatic rings. The standard InChI is InChI=1S/C17H19NO/c1-14(16-11-7-4-8-12-16)17(19)18(2)13-15-9-5-3-6-10-15/h3-12,14H,13H2,1-2H3. The number of hydrogen-bond acceptors (Lipinski definition) is 1. The molecule has 0 saturated heterocycles. The van der Waals surface area contributed by atoms with Gasteiger partial charge in [0.15, 0.2) is 0 Å². The molecule has 0 aliphatic carbocycles. The summed E-state index contributed by atoms with van der Waals surface area (Å²) in [6, 6.07) is 20.0. The van der Waals surface area contributed by atoms with E-state index >= 15 is 0 Å². The molecule has 0 saturated carbocycles. The topological polar surface area (TPSA) is 20.3 Å². The molecule has 1 unspecified atom stereocenters. The van der Waals surface area contributed by atoms with Crippen LogP contribution >= 0.6 is 0 Å². The van der Waals surface area contributed by atoms with Gasteiger partial charge in [0.25, 0.3) is 0 Å². The van der Waals surface area contributed by atoms with E-state index in [2.05, 4.69) is 0 Å². The summed E-state index contributed by atoms with van der Waals surface area (Å²) < 4.78 is 0. The predicted molar refractivity (Wildman–Crippen MR) is 77.8 cm³/mol. The van der Waals surface area contributed by atoms with E-state index in [0.717, 1.165) is 11.1 Å². The molecule has 2 rings (SSSR count). The van der Waals surface area contributed by atoms with Crippen LogP contribution in [0.15, 0.2) is 60.7 Å². The van der Waals surface area contributed by atoms with Crippen molar-refractivity contribution in [1.29, 1.82) is 0 Å². The lowest BCUT2D eigenvalue weighted by molar-refractivity contribution is -0.131. The molecule has 2 heteroatoms. The van der Waals surface area contributed by atoms with E-state index in [4.69, 9.17) is 0 Å². The molecule has 1 amide bonds. The van der Waals surface area contributed by atoms with Crippen LogP contribution in [0.5, 0.6) is 0 Å². The van der Waals surface area contributed by atoms with Gasteiger partial charge in [0, 0.05) is 13.6 Å². The van der Waals surface area contributed by atoms with Gasteiger partial charge in [0.05, 0.1) is 5.92 Å². The van der Waals surface area contributed by atoms with E-state index in [1.807, 2.05) is 74.6 Å². The van der Waals surface area contributed by atoms with Crippen LogP contribution in [0.1, 0.15) is 24.0 Å². The summed E-state index contributed by atoms with van der Waals surface area (Å²) in [6.45, 7) is 2.61. The van der Waals surface area contributed by atoms with Crippen LogP contribution in [-0.4, -0.2) is 17.9 Å². The highest BCUT2D eigenvalue weighted by Gasteiger charge is 2.18. The second kappa shape index (κ2) is 6.19. The van der Waals surface area contributed by atoms with E-state index in [1.165, 1.54) is 0 Å². The molecule has 0 radical (unpaired) electrons. The molecule has 0 aromatic heterocycles. The molecule has 0 spiro atoms. The molecule has 0 fully saturated rings. The minimum Gasteiger partial charge on any atom is -0.341 e. The minimum atomic E-state index is -0.102. The molecule has 2 aromatic carbocycles. The summed E-state index contributed by atoms with van der Waals surface area (Å²) in [4.78, 5) is 14.2. The van der Waals surface area contributed by atoms with Crippen molar-refractivity contribution in [2.75, 3.05) is 7.05 Å². The molecule has 0 aliphatic heterocycles. The second-order valence-electron chi connectivity index (χ2n) is 4.81. The van der Waals surface area contributed by atoms with Crippen molar-refractivity contribution in [3.8, 4) is 0 Å². The highest BCUT2D eigenvalue weighted by molar-refractivity contribution is 5.83. The fourth-order valence-corrected chi connectivity index (χ4v) is 2.15. The first-order valence-corrected chi connectivity index (χ1v) is 6.52. The number of rotatable bonds is 4. The van der Waals surface area contributed by atoms with Crippen LogP contribution in [0.4, 0.5) is 0 Å². The zero-order chi connectivity index (χ0) is 13.7. The summed E-state index contributed by atoms with van der Waals surface area (Å²) in [6.07, 6.45) is 0. The number of likely N-dealkylation sites (N-methyl/N-ethyl adjacent to an activating group) is 1. The van der Waals surface area contributed by atoms with Crippen LogP contribution in [-0.2, 0) is 11.3 Å². The van der Waals surface area contributed by atoms with Crippen molar-refractivity contribution >= 4 is 5.91 Å². The molecule has 98 valence electrons. The Morgan fingerprint density at radius 1 is 1.00 bits per heavy atom. The summed E-state index contributed by atoms with van der Waals surface area (Å²) in [7, 11) is 1.86. The molecule has 0 N–H and O–H groups in total. The van der Waals surface area contributed by atoms with Gasteiger partial charge in [-0.15, -0.1) is 0 Å². The highest BCUT2D eigenvalue weighted by atomic mass is 16.2. The molecule has 0 bridgehead atoms. The third kappa shape index (κ3) is 3.44. The Kier molecular flexibility index (Phi) is 4.35. The van der Waals surface area contributed by atoms with Crippen LogP contribution < -0.4 is 0 Å². The van der Waals surface area contributed by atoms with Gasteiger partial charge in [-0.1, -0.05) is 60.7 Å². The van der Waals surface area contributed by atoms with Crippen molar-refractivity contribution in [2.24, 2.45) is 0 Å². The molecule has 2 nitrogen and oxygen atoms in total. The van der Waals surface area contributed by atoms with Crippen LogP contribution in [0, 0.1) is 0 Å². The van der Waals surface area contributed by atoms with Gasteiger partial charge in [-0.05, 0) is 18.1 Å². The molecule has 0 aliphatic rings. The van der Waals surface area contributed by atoms with Crippen LogP contribution in [0.3, 0.4) is 0 Å². The Labute approximate surface area is 114 Å². The Morgan fingerprint density at radius 2 is 1.53 bits per heavy atom. The van der Waals surface area contributed by atoms with Crippen molar-refractivity contribution in [3.63, 3.8) is 0 Å². The third-order valence-corrected chi connectivity index (χ3v) is 3.31. The van der Waals surface area contributed by atoms with E-state index in [9.17, 15) is 4.79 Å². The molecular weight excluding hydrogens is 234 g/mol. The lowest BCUT2D eigenvalue weighted by Gasteiger charge is -2.21. The summed E-state index contributed by atoms with van der Waals surface area (Å²) >= 11 is 0. The van der Waals surface area contributed by atoms with Gasteiger partial charge in [-0.3, -0.25) is 4.79 Å². The first-order valence-electron chi connectivity index (χ1n) is 6.52. The molecule has 19 heavy (non-hydrogen) atoms. The maximum atomic E-state index is 12.4. The monoisotopic (exact) mass is 253 g/mol. The van der Waals surface area contributed by atoms with Crippen molar-refractivity contribution < 1.29 is 4.79 Å². The normalized spacial score (nSPS) is 11.9. The second-order valence-corrected chi connectivity index (χ2v) is 4.81. The molecule has 1 atom stereocenters. The predicted octanol–water partition coefficient (Wildman–Crippen LogP) is 3.45. The van der Waals surface area contributed by atoms with Gasteiger partial charge < -0.3 is 4.90 Å². The van der Waals surface area contributed by atoms with Gasteiger partial charge >= 0.3 is 0 Å². The number of hydrogen-bond donors (Lipinski definition) is 0. The molecule has 0 heterocycles. The third-order valence-electron chi connectivity index (χ3n) is 3.31. The Bertz CT molecular complexity index is 521. The van der Waals surface area contributed by atoms with E-state index in [-0.39, 0.29) is 11.8 Å². The van der Waals surface area contributed by atoms with E-state index in [0.29, 0.717) is 6.54 Å². The van der Waals surface area contributed by atoms with Gasteiger partial charge in [0.1, 0.15) is 0 Å². The number of benzene rings is 2. The van der Waals surface area contributed by atoms with Crippen molar-refractivity contribution in [2.45, 2.75) is 19.4 Å². The quantitative estimate of drug-likeness (QED) is 0.817. The van der Waals surface area contributed by atoms with Crippen LogP contribution in [0.25, 0.3) is 0 Å². The zero-order valence-corrected chi connectivity index (χ0v) is 11.4. The molecular formula is C17H19NO. The lowest BCUT2D eigenvalue weighted by Crippen LogP contribution is -2.30. The smallest absolute Gasteiger partial charge is 0.229 e. The largest absolute Gasteiger partial charge is 0.341 e. The summed E-state index contributed by atoms with van der Waals surface area (Å²) in [5.74, 6) is 0.0463. The highest BCUT2D eigenvalue weighted by Crippen LogP contribution is 2.18. The maximum Gasteiger partial charge on any atom is 0.229 e. The van der Waals surface area contributed by atoms with E-state index in [1.54, 1.807) is 4.90 Å². The van der Waals surface area contributed by atoms with Crippen LogP contribution in [0.2, 0.25) is 0 Å². The number of carbonyl (C=O) groups is 1. The van der Waals surface area contributed by atoms with E-state index < -0.39 is 0 Å². The van der Waals surface area contributed by atoms with Crippen molar-refractivity contribution in [1.82, 2.24) is 4.90 Å². The number of carbonyl (C=O) groups excluding carboxylic acids is 1. The zero-order valence-electron chi connectivity index (χ0n) is 11.4. The minimum absolute atomic E-state index is 0.102. The Morgan fingerprint density at radius 3 is 2.11 bits per heavy atom. The SMILES string of the molecule is CC(C(=O)N(C)Cc1ccccc1)c1ccccc1. The fraction of sp³-hybridized carbons (Fsp3) is 0.235. The van der Waals surface area contributed by atoms with Crippen molar-refractivity contribution in [3.05, 3.63) is 71.8 Å². The fourth-order valence-electron chi connectivity index (χ4n) is 2.15. The average Bonchev–Trinajstić information content (AvgIpc) is 2.47. The summed E-state index contributed by atoms with van der Waals surface area (Å²) in [5.41, 5.74) is 2.21. The first kappa shape index (κ1) is 13.3.